The number of nitrogens with one attached hydrogen (secondary N) is 4. The lowest BCUT2D eigenvalue weighted by Crippen LogP contribution is -2.52. The van der Waals surface area contributed by atoms with Crippen LogP contribution < -0.4 is 21.5 Å². The van der Waals surface area contributed by atoms with Crippen molar-refractivity contribution < 1.29 is 24.0 Å². The van der Waals surface area contributed by atoms with Crippen molar-refractivity contribution >= 4 is 35.0 Å². The van der Waals surface area contributed by atoms with Crippen LogP contribution in [0.15, 0.2) is 90.1 Å². The largest absolute Gasteiger partial charge is 0.385 e. The first kappa shape index (κ1) is 27.6. The van der Waals surface area contributed by atoms with Crippen LogP contribution in [0.25, 0.3) is 0 Å². The van der Waals surface area contributed by atoms with Crippen LogP contribution in [0, 0.1) is 0 Å². The van der Waals surface area contributed by atoms with Crippen LogP contribution >= 0.6 is 0 Å². The van der Waals surface area contributed by atoms with Gasteiger partial charge in [-0.1, -0.05) is 72.7 Å². The van der Waals surface area contributed by atoms with E-state index in [-0.39, 0.29) is 17.9 Å². The zero-order chi connectivity index (χ0) is 27.3. The molecule has 1 atom stereocenters. The van der Waals surface area contributed by atoms with Gasteiger partial charge in [-0.2, -0.15) is 0 Å². The Bertz CT molecular complexity index is 1300. The van der Waals surface area contributed by atoms with Gasteiger partial charge in [0.1, 0.15) is 6.04 Å². The number of carbonyl (C=O) groups excluding carboxylic acids is 4. The Hall–Kier alpha value is -4.99. The van der Waals surface area contributed by atoms with E-state index in [1.54, 1.807) is 62.4 Å². The molecule has 0 saturated carbocycles. The van der Waals surface area contributed by atoms with Gasteiger partial charge >= 0.3 is 0 Å². The Kier molecular flexibility index (Phi) is 10.1. The van der Waals surface area contributed by atoms with Crippen LogP contribution in [0.2, 0.25) is 0 Å². The Morgan fingerprint density at radius 3 is 2.05 bits per heavy atom. The van der Waals surface area contributed by atoms with Gasteiger partial charge in [-0.25, -0.2) is 0 Å². The van der Waals surface area contributed by atoms with Gasteiger partial charge in [0.15, 0.2) is 6.61 Å². The Morgan fingerprint density at radius 2 is 1.39 bits per heavy atom. The number of oxime groups is 1. The summed E-state index contributed by atoms with van der Waals surface area (Å²) < 4.78 is 0. The third-order valence-electron chi connectivity index (χ3n) is 5.40. The SMILES string of the molecule is CCC(NC(=O)c1ccccc1NC(=O)c1ccccc1)C(=O)NNC(=O)CO/N=C(\C)c1ccccc1. The van der Waals surface area contributed by atoms with E-state index in [9.17, 15) is 19.2 Å². The summed E-state index contributed by atoms with van der Waals surface area (Å²) in [5.41, 5.74) is 6.88. The molecule has 1 unspecified atom stereocenters. The molecule has 0 aliphatic heterocycles. The van der Waals surface area contributed by atoms with E-state index in [2.05, 4.69) is 26.6 Å². The van der Waals surface area contributed by atoms with Crippen molar-refractivity contribution in [3.8, 4) is 0 Å². The fourth-order valence-corrected chi connectivity index (χ4v) is 3.34. The average Bonchev–Trinajstić information content (AvgIpc) is 2.95. The summed E-state index contributed by atoms with van der Waals surface area (Å²) in [5.74, 6) is -2.18. The Morgan fingerprint density at radius 1 is 0.789 bits per heavy atom. The predicted octanol–water partition coefficient (Wildman–Crippen LogP) is 3.04. The maximum Gasteiger partial charge on any atom is 0.279 e. The van der Waals surface area contributed by atoms with Crippen molar-refractivity contribution in [2.75, 3.05) is 11.9 Å². The molecule has 0 saturated heterocycles. The number of benzene rings is 3. The summed E-state index contributed by atoms with van der Waals surface area (Å²) in [7, 11) is 0. The van der Waals surface area contributed by atoms with Crippen LogP contribution in [0.4, 0.5) is 5.69 Å². The number of hydrogen-bond acceptors (Lipinski definition) is 6. The van der Waals surface area contributed by atoms with Gasteiger partial charge in [-0.05, 0) is 43.2 Å². The van der Waals surface area contributed by atoms with Gasteiger partial charge in [-0.15, -0.1) is 0 Å². The molecule has 4 amide bonds. The van der Waals surface area contributed by atoms with E-state index in [4.69, 9.17) is 4.84 Å². The number of hydrogen-bond donors (Lipinski definition) is 4. The highest BCUT2D eigenvalue weighted by atomic mass is 16.6. The summed E-state index contributed by atoms with van der Waals surface area (Å²) in [4.78, 5) is 55.2. The van der Waals surface area contributed by atoms with Crippen LogP contribution in [-0.4, -0.2) is 42.0 Å². The van der Waals surface area contributed by atoms with Crippen LogP contribution in [0.1, 0.15) is 46.5 Å². The minimum absolute atomic E-state index is 0.187. The van der Waals surface area contributed by atoms with Gasteiger partial charge in [0.2, 0.25) is 0 Å². The minimum Gasteiger partial charge on any atom is -0.385 e. The number of anilines is 1. The zero-order valence-corrected chi connectivity index (χ0v) is 21.1. The van der Waals surface area contributed by atoms with E-state index in [0.717, 1.165) is 5.56 Å². The second-order valence-electron chi connectivity index (χ2n) is 8.15. The molecule has 0 radical (unpaired) electrons. The molecule has 4 N–H and O–H groups in total. The van der Waals surface area contributed by atoms with Crippen LogP contribution in [-0.2, 0) is 14.4 Å². The molecule has 3 aromatic carbocycles. The molecule has 38 heavy (non-hydrogen) atoms. The van der Waals surface area contributed by atoms with Gasteiger partial charge < -0.3 is 15.5 Å². The summed E-state index contributed by atoms with van der Waals surface area (Å²) in [5, 5.41) is 9.24. The van der Waals surface area contributed by atoms with E-state index in [1.165, 1.54) is 6.07 Å². The van der Waals surface area contributed by atoms with E-state index < -0.39 is 30.4 Å². The molecule has 0 fully saturated rings. The molecule has 10 heteroatoms. The predicted molar refractivity (Wildman–Crippen MR) is 143 cm³/mol. The van der Waals surface area contributed by atoms with Gasteiger partial charge in [0.05, 0.1) is 17.0 Å². The normalized spacial score (nSPS) is 11.6. The summed E-state index contributed by atoms with van der Waals surface area (Å²) in [6.07, 6.45) is 0.253. The maximum atomic E-state index is 13.0. The number of amides is 4. The number of para-hydroxylation sites is 1. The van der Waals surface area contributed by atoms with Gasteiger partial charge in [-0.3, -0.25) is 30.0 Å². The molecule has 0 bridgehead atoms. The first-order valence-corrected chi connectivity index (χ1v) is 12.0. The molecule has 0 heterocycles. The van der Waals surface area contributed by atoms with Gasteiger partial charge in [0, 0.05) is 5.56 Å². The third-order valence-corrected chi connectivity index (χ3v) is 5.40. The smallest absolute Gasteiger partial charge is 0.279 e. The third kappa shape index (κ3) is 8.02. The molecular formula is C28H29N5O5. The highest BCUT2D eigenvalue weighted by molar-refractivity contribution is 6.09. The average molecular weight is 516 g/mol. The fourth-order valence-electron chi connectivity index (χ4n) is 3.34. The molecular weight excluding hydrogens is 486 g/mol. The summed E-state index contributed by atoms with van der Waals surface area (Å²) in [6.45, 7) is 3.04. The highest BCUT2D eigenvalue weighted by Crippen LogP contribution is 2.17. The molecule has 0 aliphatic rings. The number of hydrazine groups is 1. The molecule has 196 valence electrons. The fraction of sp³-hybridized carbons (Fsp3) is 0.179. The number of carbonyl (C=O) groups is 4. The van der Waals surface area contributed by atoms with Crippen molar-refractivity contribution in [1.82, 2.24) is 16.2 Å². The van der Waals surface area contributed by atoms with E-state index in [0.29, 0.717) is 17.0 Å². The molecule has 0 aromatic heterocycles. The van der Waals surface area contributed by atoms with Crippen LogP contribution in [0.3, 0.4) is 0 Å². The second-order valence-corrected chi connectivity index (χ2v) is 8.15. The second kappa shape index (κ2) is 13.9. The zero-order valence-electron chi connectivity index (χ0n) is 21.1. The molecule has 0 spiro atoms. The molecule has 0 aliphatic carbocycles. The van der Waals surface area contributed by atoms with Crippen molar-refractivity contribution in [3.05, 3.63) is 102 Å². The first-order chi connectivity index (χ1) is 18.4. The van der Waals surface area contributed by atoms with Crippen molar-refractivity contribution in [3.63, 3.8) is 0 Å². The first-order valence-electron chi connectivity index (χ1n) is 12.0. The molecule has 10 nitrogen and oxygen atoms in total. The summed E-state index contributed by atoms with van der Waals surface area (Å²) in [6, 6.07) is 23.4. The standard InChI is InChI=1S/C28H29N5O5/c1-3-23(28(37)32-31-25(34)18-38-33-19(2)20-12-6-4-7-13-20)29-27(36)22-16-10-11-17-24(22)30-26(35)21-14-8-5-9-15-21/h4-17,23H,3,18H2,1-2H3,(H,29,36)(H,30,35)(H,31,34)(H,32,37)/b33-19+. The van der Waals surface area contributed by atoms with E-state index >= 15 is 0 Å². The quantitative estimate of drug-likeness (QED) is 0.243. The Labute approximate surface area is 220 Å². The minimum atomic E-state index is -0.944. The lowest BCUT2D eigenvalue weighted by molar-refractivity contribution is -0.132. The number of rotatable bonds is 10. The Balaban J connectivity index is 1.52. The van der Waals surface area contributed by atoms with Crippen molar-refractivity contribution in [2.45, 2.75) is 26.3 Å². The van der Waals surface area contributed by atoms with Crippen molar-refractivity contribution in [2.24, 2.45) is 5.16 Å². The molecule has 3 rings (SSSR count). The highest BCUT2D eigenvalue weighted by Gasteiger charge is 2.22. The maximum absolute atomic E-state index is 13.0. The van der Waals surface area contributed by atoms with Crippen molar-refractivity contribution in [1.29, 1.82) is 0 Å². The topological polar surface area (TPSA) is 138 Å². The van der Waals surface area contributed by atoms with Crippen LogP contribution in [0.5, 0.6) is 0 Å². The lowest BCUT2D eigenvalue weighted by atomic mass is 10.1. The molecule has 3 aromatic rings. The van der Waals surface area contributed by atoms with E-state index in [1.807, 2.05) is 30.3 Å². The monoisotopic (exact) mass is 515 g/mol. The number of nitrogens with zero attached hydrogens (tertiary/aromatic N) is 1. The summed E-state index contributed by atoms with van der Waals surface area (Å²) >= 11 is 0. The van der Waals surface area contributed by atoms with Gasteiger partial charge in [0.25, 0.3) is 23.6 Å². The lowest BCUT2D eigenvalue weighted by Gasteiger charge is -2.18.